The van der Waals surface area contributed by atoms with Crippen molar-refractivity contribution < 1.29 is 4.79 Å². The number of anilines is 1. The van der Waals surface area contributed by atoms with Gasteiger partial charge < -0.3 is 9.80 Å². The van der Waals surface area contributed by atoms with Crippen molar-refractivity contribution in [3.05, 3.63) is 29.8 Å². The van der Waals surface area contributed by atoms with Crippen molar-refractivity contribution in [2.45, 2.75) is 45.4 Å². The Morgan fingerprint density at radius 2 is 1.86 bits per heavy atom. The highest BCUT2D eigenvalue weighted by Gasteiger charge is 2.23. The minimum Gasteiger partial charge on any atom is -0.368 e. The second-order valence-corrected chi connectivity index (χ2v) is 6.90. The van der Waals surface area contributed by atoms with Gasteiger partial charge in [-0.2, -0.15) is 0 Å². The summed E-state index contributed by atoms with van der Waals surface area (Å²) in [5.41, 5.74) is 2.59. The summed E-state index contributed by atoms with van der Waals surface area (Å²) < 4.78 is 0. The van der Waals surface area contributed by atoms with E-state index in [-0.39, 0.29) is 0 Å². The van der Waals surface area contributed by atoms with Crippen LogP contribution in [0.15, 0.2) is 24.3 Å². The number of piperazine rings is 1. The molecule has 1 aromatic carbocycles. The number of hydrogen-bond acceptors (Lipinski definition) is 2. The van der Waals surface area contributed by atoms with Crippen LogP contribution in [-0.4, -0.2) is 37.0 Å². The van der Waals surface area contributed by atoms with Crippen LogP contribution < -0.4 is 4.90 Å². The molecule has 0 N–H and O–H groups in total. The second-order valence-electron chi connectivity index (χ2n) is 6.90. The van der Waals surface area contributed by atoms with Crippen molar-refractivity contribution in [2.24, 2.45) is 5.92 Å². The maximum atomic E-state index is 12.4. The quantitative estimate of drug-likeness (QED) is 0.848. The Morgan fingerprint density at radius 1 is 1.14 bits per heavy atom. The van der Waals surface area contributed by atoms with Gasteiger partial charge in [-0.25, -0.2) is 0 Å². The molecule has 3 rings (SSSR count). The highest BCUT2D eigenvalue weighted by Crippen LogP contribution is 2.28. The number of benzene rings is 1. The molecule has 0 unspecified atom stereocenters. The van der Waals surface area contributed by atoms with Gasteiger partial charge in [0.1, 0.15) is 0 Å². The first kappa shape index (κ1) is 15.4. The van der Waals surface area contributed by atoms with Gasteiger partial charge in [0.05, 0.1) is 0 Å². The van der Waals surface area contributed by atoms with Crippen LogP contribution in [0.5, 0.6) is 0 Å². The van der Waals surface area contributed by atoms with Crippen molar-refractivity contribution in [3.8, 4) is 0 Å². The maximum absolute atomic E-state index is 12.4. The summed E-state index contributed by atoms with van der Waals surface area (Å²) >= 11 is 0. The number of aryl methyl sites for hydroxylation is 1. The summed E-state index contributed by atoms with van der Waals surface area (Å²) in [7, 11) is 0. The molecule has 0 spiro atoms. The normalized spacial score (nSPS) is 19.7. The van der Waals surface area contributed by atoms with Crippen molar-refractivity contribution in [1.82, 2.24) is 4.90 Å². The van der Waals surface area contributed by atoms with Crippen LogP contribution in [0.3, 0.4) is 0 Å². The summed E-state index contributed by atoms with van der Waals surface area (Å²) in [4.78, 5) is 16.8. The van der Waals surface area contributed by atoms with Crippen molar-refractivity contribution in [1.29, 1.82) is 0 Å². The molecule has 1 aliphatic heterocycles. The fraction of sp³-hybridized carbons (Fsp3) is 0.632. The van der Waals surface area contributed by atoms with Gasteiger partial charge in [0.15, 0.2) is 0 Å². The van der Waals surface area contributed by atoms with Crippen LogP contribution in [0.25, 0.3) is 0 Å². The maximum Gasteiger partial charge on any atom is 0.222 e. The lowest BCUT2D eigenvalue weighted by molar-refractivity contribution is -0.131. The number of rotatable bonds is 4. The van der Waals surface area contributed by atoms with Gasteiger partial charge in [0, 0.05) is 38.3 Å². The highest BCUT2D eigenvalue weighted by molar-refractivity contribution is 5.76. The van der Waals surface area contributed by atoms with Crippen molar-refractivity contribution >= 4 is 11.6 Å². The number of carbonyl (C=O) groups excluding carboxylic acids is 1. The zero-order chi connectivity index (χ0) is 15.4. The minimum atomic E-state index is 0.371. The topological polar surface area (TPSA) is 23.6 Å². The van der Waals surface area contributed by atoms with Gasteiger partial charge >= 0.3 is 0 Å². The summed E-state index contributed by atoms with van der Waals surface area (Å²) in [6, 6.07) is 8.65. The molecule has 0 bridgehead atoms. The molecule has 1 amide bonds. The Labute approximate surface area is 134 Å². The number of amides is 1. The molecule has 1 saturated carbocycles. The fourth-order valence-corrected chi connectivity index (χ4v) is 3.82. The molecule has 0 aromatic heterocycles. The molecule has 22 heavy (non-hydrogen) atoms. The van der Waals surface area contributed by atoms with Gasteiger partial charge in [-0.15, -0.1) is 0 Å². The molecule has 0 atom stereocenters. The molecule has 0 radical (unpaired) electrons. The smallest absolute Gasteiger partial charge is 0.222 e. The van der Waals surface area contributed by atoms with E-state index in [0.717, 1.165) is 44.9 Å². The molecule has 1 aliphatic carbocycles. The van der Waals surface area contributed by atoms with Crippen LogP contribution in [-0.2, 0) is 4.79 Å². The van der Waals surface area contributed by atoms with Gasteiger partial charge in [0.2, 0.25) is 5.91 Å². The third-order valence-electron chi connectivity index (χ3n) is 5.24. The lowest BCUT2D eigenvalue weighted by atomic mass is 10.0. The van der Waals surface area contributed by atoms with E-state index < -0.39 is 0 Å². The minimum absolute atomic E-state index is 0.371. The van der Waals surface area contributed by atoms with Crippen LogP contribution in [0, 0.1) is 12.8 Å². The molecule has 2 fully saturated rings. The van der Waals surface area contributed by atoms with Crippen LogP contribution >= 0.6 is 0 Å². The van der Waals surface area contributed by atoms with Crippen LogP contribution in [0.2, 0.25) is 0 Å². The first-order valence-corrected chi connectivity index (χ1v) is 8.82. The van der Waals surface area contributed by atoms with E-state index in [1.807, 2.05) is 0 Å². The Morgan fingerprint density at radius 3 is 2.55 bits per heavy atom. The third-order valence-corrected chi connectivity index (χ3v) is 5.24. The molecule has 1 aromatic rings. The summed E-state index contributed by atoms with van der Waals surface area (Å²) in [6.07, 6.45) is 7.29. The molecule has 1 heterocycles. The molecule has 1 saturated heterocycles. The predicted octanol–water partition coefficient (Wildman–Crippen LogP) is 3.61. The Bertz CT molecular complexity index is 500. The molecule has 3 heteroatoms. The molecule has 3 nitrogen and oxygen atoms in total. The largest absolute Gasteiger partial charge is 0.368 e. The molecule has 120 valence electrons. The van der Waals surface area contributed by atoms with Crippen molar-refractivity contribution in [2.75, 3.05) is 31.1 Å². The van der Waals surface area contributed by atoms with E-state index in [2.05, 4.69) is 41.0 Å². The van der Waals surface area contributed by atoms with Gasteiger partial charge in [-0.05, 0) is 37.0 Å². The first-order valence-electron chi connectivity index (χ1n) is 8.82. The lowest BCUT2D eigenvalue weighted by Crippen LogP contribution is -2.48. The van der Waals surface area contributed by atoms with Gasteiger partial charge in [0.25, 0.3) is 0 Å². The van der Waals surface area contributed by atoms with E-state index in [4.69, 9.17) is 0 Å². The molecular formula is C19H28N2O. The first-order chi connectivity index (χ1) is 10.7. The standard InChI is InChI=1S/C19H28N2O/c1-16-5-4-8-18(15-16)20-11-13-21(14-12-20)19(22)10-9-17-6-2-3-7-17/h4-5,8,15,17H,2-3,6-7,9-14H2,1H3. The van der Waals surface area contributed by atoms with E-state index in [1.165, 1.54) is 36.9 Å². The Balaban J connectivity index is 1.45. The second kappa shape index (κ2) is 7.17. The van der Waals surface area contributed by atoms with Crippen LogP contribution in [0.1, 0.15) is 44.1 Å². The number of nitrogens with zero attached hydrogens (tertiary/aromatic N) is 2. The highest BCUT2D eigenvalue weighted by atomic mass is 16.2. The Kier molecular flexibility index (Phi) is 5.01. The summed E-state index contributed by atoms with van der Waals surface area (Å²) in [5, 5.41) is 0. The van der Waals surface area contributed by atoms with E-state index in [1.54, 1.807) is 0 Å². The van der Waals surface area contributed by atoms with Gasteiger partial charge in [-0.1, -0.05) is 37.8 Å². The summed E-state index contributed by atoms with van der Waals surface area (Å²) in [5.74, 6) is 1.19. The van der Waals surface area contributed by atoms with E-state index in [9.17, 15) is 4.79 Å². The van der Waals surface area contributed by atoms with E-state index in [0.29, 0.717) is 5.91 Å². The lowest BCUT2D eigenvalue weighted by Gasteiger charge is -2.36. The molecular weight excluding hydrogens is 272 g/mol. The average Bonchev–Trinajstić information content (AvgIpc) is 3.06. The molecule has 2 aliphatic rings. The zero-order valence-corrected chi connectivity index (χ0v) is 13.8. The van der Waals surface area contributed by atoms with Crippen LogP contribution in [0.4, 0.5) is 5.69 Å². The SMILES string of the molecule is Cc1cccc(N2CCN(C(=O)CCC3CCCC3)CC2)c1. The third kappa shape index (κ3) is 3.82. The average molecular weight is 300 g/mol. The fourth-order valence-electron chi connectivity index (χ4n) is 3.82. The van der Waals surface area contributed by atoms with Crippen molar-refractivity contribution in [3.63, 3.8) is 0 Å². The predicted molar refractivity (Wildman–Crippen MR) is 91.2 cm³/mol. The monoisotopic (exact) mass is 300 g/mol. The van der Waals surface area contributed by atoms with Gasteiger partial charge in [-0.3, -0.25) is 4.79 Å². The Hall–Kier alpha value is -1.51. The number of hydrogen-bond donors (Lipinski definition) is 0. The summed E-state index contributed by atoms with van der Waals surface area (Å²) in [6.45, 7) is 5.79. The number of carbonyl (C=O) groups is 1. The van der Waals surface area contributed by atoms with E-state index >= 15 is 0 Å². The zero-order valence-electron chi connectivity index (χ0n) is 13.8.